The van der Waals surface area contributed by atoms with E-state index in [1.165, 1.54) is 5.54 Å². The lowest BCUT2D eigenvalue weighted by Crippen LogP contribution is -2.26. The van der Waals surface area contributed by atoms with Crippen LogP contribution in [-0.2, 0) is 13.6 Å². The van der Waals surface area contributed by atoms with Crippen molar-refractivity contribution < 1.29 is 13.6 Å². The highest BCUT2D eigenvalue weighted by Crippen LogP contribution is 2.17. The van der Waals surface area contributed by atoms with Crippen molar-refractivity contribution in [2.75, 3.05) is 7.11 Å². The first-order chi connectivity index (χ1) is 7.57. The lowest BCUT2D eigenvalue weighted by molar-refractivity contribution is 0.145. The zero-order chi connectivity index (χ0) is 13.7. The van der Waals surface area contributed by atoms with Crippen LogP contribution in [0.1, 0.15) is 0 Å². The second-order valence-corrected chi connectivity index (χ2v) is 14.7. The molecule has 0 aromatic rings. The topological polar surface area (TPSA) is 27.7 Å². The summed E-state index contributed by atoms with van der Waals surface area (Å²) in [6, 6.07) is 0. The average Bonchev–Trinajstić information content (AvgIpc) is 2.11. The van der Waals surface area contributed by atoms with Gasteiger partial charge in [0.15, 0.2) is 0 Å². The summed E-state index contributed by atoms with van der Waals surface area (Å²) in [7, 11) is -1.79. The molecule has 0 atom stereocenters. The number of halogens is 1. The first-order valence-electron chi connectivity index (χ1n) is 5.51. The van der Waals surface area contributed by atoms with Crippen LogP contribution in [0.15, 0.2) is 23.3 Å². The maximum atomic E-state index is 5.78. The largest absolute Gasteiger partial charge is 0.544 e. The van der Waals surface area contributed by atoms with Crippen LogP contribution in [0.5, 0.6) is 0 Å². The molecule has 0 amide bonds. The molecule has 100 valence electrons. The summed E-state index contributed by atoms with van der Waals surface area (Å²) in [6.07, 6.45) is 1.70. The predicted octanol–water partition coefficient (Wildman–Crippen LogP) is 4.26. The number of methoxy groups -OCH3 is 1. The molecule has 0 fully saturated rings. The standard InChI is InChI=1S/C11H23ClO3Si2/c1-13-11(15-17(5,6)7)8-10(9-12)14-16(2,3)4/h8-9H,1-7H3/b10-9+,11-8+. The Morgan fingerprint density at radius 2 is 1.41 bits per heavy atom. The van der Waals surface area contributed by atoms with E-state index in [9.17, 15) is 0 Å². The molecule has 0 unspecified atom stereocenters. The van der Waals surface area contributed by atoms with Crippen LogP contribution in [0.4, 0.5) is 0 Å². The normalized spacial score (nSPS) is 14.6. The third-order valence-corrected chi connectivity index (χ3v) is 3.28. The van der Waals surface area contributed by atoms with Crippen LogP contribution in [0.2, 0.25) is 39.3 Å². The molecule has 0 spiro atoms. The van der Waals surface area contributed by atoms with Gasteiger partial charge >= 0.3 is 0 Å². The molecule has 0 aliphatic carbocycles. The van der Waals surface area contributed by atoms with Crippen molar-refractivity contribution in [3.63, 3.8) is 0 Å². The Morgan fingerprint density at radius 3 is 1.71 bits per heavy atom. The lowest BCUT2D eigenvalue weighted by Gasteiger charge is -2.23. The smallest absolute Gasteiger partial charge is 0.268 e. The summed E-state index contributed by atoms with van der Waals surface area (Å²) in [5.74, 6) is 1.04. The van der Waals surface area contributed by atoms with Crippen LogP contribution in [0.25, 0.3) is 0 Å². The van der Waals surface area contributed by atoms with Crippen molar-refractivity contribution in [3.05, 3.63) is 23.3 Å². The molecular weight excluding hydrogens is 272 g/mol. The van der Waals surface area contributed by atoms with Gasteiger partial charge in [0.25, 0.3) is 5.95 Å². The van der Waals surface area contributed by atoms with Crippen molar-refractivity contribution >= 4 is 28.2 Å². The molecule has 0 saturated heterocycles. The minimum atomic E-state index is -1.69. The molecule has 0 bridgehead atoms. The van der Waals surface area contributed by atoms with Gasteiger partial charge in [0, 0.05) is 5.54 Å². The first kappa shape index (κ1) is 16.6. The summed E-state index contributed by atoms with van der Waals surface area (Å²) < 4.78 is 16.7. The van der Waals surface area contributed by atoms with E-state index in [4.69, 9.17) is 25.2 Å². The molecule has 0 aromatic heterocycles. The maximum Gasteiger partial charge on any atom is 0.268 e. The van der Waals surface area contributed by atoms with Crippen molar-refractivity contribution in [2.45, 2.75) is 39.3 Å². The molecule has 6 heteroatoms. The minimum Gasteiger partial charge on any atom is -0.544 e. The second-order valence-electron chi connectivity index (χ2n) is 5.61. The summed E-state index contributed by atoms with van der Waals surface area (Å²) in [6.45, 7) is 12.5. The summed E-state index contributed by atoms with van der Waals surface area (Å²) in [4.78, 5) is 0. The van der Waals surface area contributed by atoms with Gasteiger partial charge in [0.2, 0.25) is 16.6 Å². The van der Waals surface area contributed by atoms with Gasteiger partial charge in [-0.25, -0.2) is 0 Å². The number of allylic oxidation sites excluding steroid dienone is 1. The van der Waals surface area contributed by atoms with Crippen molar-refractivity contribution in [1.82, 2.24) is 0 Å². The highest BCUT2D eigenvalue weighted by Gasteiger charge is 2.20. The van der Waals surface area contributed by atoms with Gasteiger partial charge in [-0.05, 0) is 39.3 Å². The van der Waals surface area contributed by atoms with Crippen LogP contribution in [0.3, 0.4) is 0 Å². The SMILES string of the molecule is CO/C(=C\C(=C/Cl)O[Si](C)(C)C)O[Si](C)(C)C. The van der Waals surface area contributed by atoms with Gasteiger partial charge in [-0.1, -0.05) is 11.6 Å². The summed E-state index contributed by atoms with van der Waals surface area (Å²) in [5, 5.41) is 0. The number of rotatable bonds is 6. The number of ether oxygens (including phenoxy) is 1. The van der Waals surface area contributed by atoms with Crippen LogP contribution < -0.4 is 0 Å². The monoisotopic (exact) mass is 294 g/mol. The fourth-order valence-electron chi connectivity index (χ4n) is 0.985. The quantitative estimate of drug-likeness (QED) is 0.416. The Hall–Kier alpha value is -0.396. The van der Waals surface area contributed by atoms with Crippen LogP contribution >= 0.6 is 11.6 Å². The molecule has 0 rings (SSSR count). The van der Waals surface area contributed by atoms with Gasteiger partial charge in [0.1, 0.15) is 5.76 Å². The Morgan fingerprint density at radius 1 is 0.941 bits per heavy atom. The molecule has 0 aliphatic heterocycles. The van der Waals surface area contributed by atoms with E-state index in [-0.39, 0.29) is 0 Å². The minimum absolute atomic E-state index is 0.453. The molecule has 0 saturated carbocycles. The van der Waals surface area contributed by atoms with Gasteiger partial charge < -0.3 is 13.6 Å². The predicted molar refractivity (Wildman–Crippen MR) is 77.9 cm³/mol. The Kier molecular flexibility index (Phi) is 6.36. The Labute approximate surface area is 112 Å². The van der Waals surface area contributed by atoms with E-state index in [0.717, 1.165) is 0 Å². The molecule has 0 aliphatic rings. The molecule has 0 radical (unpaired) electrons. The Balaban J connectivity index is 4.81. The average molecular weight is 295 g/mol. The van der Waals surface area contributed by atoms with Gasteiger partial charge in [-0.2, -0.15) is 0 Å². The third-order valence-electron chi connectivity index (χ3n) is 1.40. The Bertz CT molecular complexity index is 301. The fourth-order valence-corrected chi connectivity index (χ4v) is 2.74. The molecule has 3 nitrogen and oxygen atoms in total. The number of hydrogen-bond acceptors (Lipinski definition) is 3. The van der Waals surface area contributed by atoms with E-state index >= 15 is 0 Å². The van der Waals surface area contributed by atoms with Crippen LogP contribution in [-0.4, -0.2) is 23.7 Å². The summed E-state index contributed by atoms with van der Waals surface area (Å²) >= 11 is 5.74. The molecule has 0 N–H and O–H groups in total. The van der Waals surface area contributed by atoms with E-state index in [1.807, 2.05) is 0 Å². The molecule has 0 heterocycles. The summed E-state index contributed by atoms with van der Waals surface area (Å²) in [5.41, 5.74) is 1.41. The lowest BCUT2D eigenvalue weighted by atomic mass is 10.5. The second kappa shape index (κ2) is 6.51. The zero-order valence-corrected chi connectivity index (χ0v) is 14.5. The maximum absolute atomic E-state index is 5.78. The first-order valence-corrected chi connectivity index (χ1v) is 12.8. The van der Waals surface area contributed by atoms with E-state index in [1.54, 1.807) is 13.2 Å². The van der Waals surface area contributed by atoms with Gasteiger partial charge in [0.05, 0.1) is 13.2 Å². The highest BCUT2D eigenvalue weighted by molar-refractivity contribution is 6.70. The molecule has 0 aromatic carbocycles. The third kappa shape index (κ3) is 9.32. The van der Waals surface area contributed by atoms with Crippen molar-refractivity contribution in [2.24, 2.45) is 0 Å². The van der Waals surface area contributed by atoms with Crippen LogP contribution in [0, 0.1) is 0 Å². The highest BCUT2D eigenvalue weighted by atomic mass is 35.5. The molecular formula is C11H23ClO3Si2. The number of hydrogen-bond donors (Lipinski definition) is 0. The van der Waals surface area contributed by atoms with Crippen molar-refractivity contribution in [3.8, 4) is 0 Å². The van der Waals surface area contributed by atoms with E-state index in [2.05, 4.69) is 39.3 Å². The zero-order valence-electron chi connectivity index (χ0n) is 11.8. The van der Waals surface area contributed by atoms with E-state index < -0.39 is 16.6 Å². The van der Waals surface area contributed by atoms with Gasteiger partial charge in [-0.3, -0.25) is 0 Å². The van der Waals surface area contributed by atoms with Gasteiger partial charge in [-0.15, -0.1) is 0 Å². The fraction of sp³-hybridized carbons (Fsp3) is 0.636. The molecule has 17 heavy (non-hydrogen) atoms. The van der Waals surface area contributed by atoms with E-state index in [0.29, 0.717) is 11.7 Å². The van der Waals surface area contributed by atoms with Crippen molar-refractivity contribution in [1.29, 1.82) is 0 Å².